The first-order chi connectivity index (χ1) is 17.9. The number of piperidine rings is 1. The van der Waals surface area contributed by atoms with Crippen LogP contribution in [0.4, 0.5) is 17.2 Å². The maximum Gasteiger partial charge on any atom is 0.243 e. The van der Waals surface area contributed by atoms with E-state index in [1.54, 1.807) is 28.7 Å². The molecule has 0 spiro atoms. The number of aromatic amines is 1. The standard InChI is InChI=1S/C25H33ClN6O4S/c1-3-27-21-15-23(30-25-24(21)19(26)16-28-25)29-20-5-4-18(14-22(20)35-2)37(33,34)32-8-6-17(7-9-32)31-10-12-36-13-11-31/h4-5,14-17H,3,6-13H2,1-2H3,(H3,27,28,29,30). The van der Waals surface area contributed by atoms with Crippen LogP contribution in [0.3, 0.4) is 0 Å². The lowest BCUT2D eigenvalue weighted by molar-refractivity contribution is 0.00610. The summed E-state index contributed by atoms with van der Waals surface area (Å²) in [5.41, 5.74) is 2.10. The molecule has 0 radical (unpaired) electrons. The van der Waals surface area contributed by atoms with Crippen LogP contribution in [0.2, 0.25) is 5.02 Å². The van der Waals surface area contributed by atoms with E-state index in [1.165, 1.54) is 7.11 Å². The minimum Gasteiger partial charge on any atom is -0.495 e. The molecule has 12 heteroatoms. The molecule has 1 aromatic carbocycles. The minimum atomic E-state index is -3.64. The third-order valence-corrected chi connectivity index (χ3v) is 9.21. The quantitative estimate of drug-likeness (QED) is 0.389. The van der Waals surface area contributed by atoms with Gasteiger partial charge >= 0.3 is 0 Å². The fraction of sp³-hybridized carbons (Fsp3) is 0.480. The summed E-state index contributed by atoms with van der Waals surface area (Å²) in [5, 5.41) is 7.98. The Morgan fingerprint density at radius 1 is 1.16 bits per heavy atom. The maximum absolute atomic E-state index is 13.5. The molecule has 0 bridgehead atoms. The molecule has 3 aromatic rings. The van der Waals surface area contributed by atoms with Crippen LogP contribution in [-0.4, -0.2) is 86.7 Å². The van der Waals surface area contributed by atoms with Gasteiger partial charge < -0.3 is 25.1 Å². The fourth-order valence-electron chi connectivity index (χ4n) is 5.10. The Bertz CT molecular complexity index is 1350. The number of hydrogen-bond donors (Lipinski definition) is 3. The minimum absolute atomic E-state index is 0.215. The third-order valence-electron chi connectivity index (χ3n) is 7.02. The third kappa shape index (κ3) is 5.37. The van der Waals surface area contributed by atoms with E-state index in [9.17, 15) is 8.42 Å². The van der Waals surface area contributed by atoms with Crippen molar-refractivity contribution in [3.8, 4) is 5.75 Å². The molecule has 2 aliphatic rings. The Balaban J connectivity index is 1.33. The van der Waals surface area contributed by atoms with Crippen LogP contribution < -0.4 is 15.4 Å². The van der Waals surface area contributed by atoms with E-state index in [0.29, 0.717) is 47.1 Å². The number of rotatable bonds is 8. The molecule has 3 N–H and O–H groups in total. The van der Waals surface area contributed by atoms with Crippen molar-refractivity contribution in [1.82, 2.24) is 19.2 Å². The first-order valence-corrected chi connectivity index (χ1v) is 14.4. The van der Waals surface area contributed by atoms with E-state index in [1.807, 2.05) is 13.0 Å². The van der Waals surface area contributed by atoms with Gasteiger partial charge in [0.05, 0.1) is 47.0 Å². The van der Waals surface area contributed by atoms with Gasteiger partial charge in [0.25, 0.3) is 0 Å². The number of fused-ring (bicyclic) bond motifs is 1. The molecule has 4 heterocycles. The number of ether oxygens (including phenoxy) is 2. The molecule has 0 amide bonds. The van der Waals surface area contributed by atoms with Crippen molar-refractivity contribution in [2.45, 2.75) is 30.7 Å². The zero-order valence-electron chi connectivity index (χ0n) is 21.1. The van der Waals surface area contributed by atoms with Crippen molar-refractivity contribution in [3.63, 3.8) is 0 Å². The molecule has 0 saturated carbocycles. The van der Waals surface area contributed by atoms with Gasteiger partial charge in [-0.15, -0.1) is 0 Å². The van der Waals surface area contributed by atoms with Crippen LogP contribution in [0.5, 0.6) is 5.75 Å². The number of hydrogen-bond acceptors (Lipinski definition) is 8. The van der Waals surface area contributed by atoms with E-state index < -0.39 is 10.0 Å². The number of pyridine rings is 1. The van der Waals surface area contributed by atoms with Crippen molar-refractivity contribution >= 4 is 49.9 Å². The lowest BCUT2D eigenvalue weighted by atomic mass is 10.0. The molecule has 10 nitrogen and oxygen atoms in total. The van der Waals surface area contributed by atoms with Gasteiger partial charge in [0.1, 0.15) is 17.2 Å². The topological polar surface area (TPSA) is 112 Å². The SMILES string of the molecule is CCNc1cc(Nc2ccc(S(=O)(=O)N3CCC(N4CCOCC4)CC3)cc2OC)nc2[nH]cc(Cl)c12. The Morgan fingerprint density at radius 2 is 1.92 bits per heavy atom. The van der Waals surface area contributed by atoms with Crippen molar-refractivity contribution in [2.75, 3.05) is 63.7 Å². The summed E-state index contributed by atoms with van der Waals surface area (Å²) in [6.45, 7) is 7.06. The van der Waals surface area contributed by atoms with Gasteiger partial charge in [-0.25, -0.2) is 13.4 Å². The number of nitrogens with zero attached hydrogens (tertiary/aromatic N) is 3. The molecule has 2 saturated heterocycles. The van der Waals surface area contributed by atoms with Gasteiger partial charge in [-0.1, -0.05) is 11.6 Å². The summed E-state index contributed by atoms with van der Waals surface area (Å²) in [5.74, 6) is 0.988. The van der Waals surface area contributed by atoms with Crippen molar-refractivity contribution < 1.29 is 17.9 Å². The average Bonchev–Trinajstić information content (AvgIpc) is 3.30. The number of anilines is 3. The normalized spacial score (nSPS) is 18.2. The number of H-pyrrole nitrogens is 1. The van der Waals surface area contributed by atoms with E-state index in [4.69, 9.17) is 21.1 Å². The summed E-state index contributed by atoms with van der Waals surface area (Å²) in [6, 6.07) is 7.17. The Labute approximate surface area is 222 Å². The number of methoxy groups -OCH3 is 1. The van der Waals surface area contributed by atoms with Crippen molar-refractivity contribution in [2.24, 2.45) is 0 Å². The van der Waals surface area contributed by atoms with Crippen LogP contribution in [0.1, 0.15) is 19.8 Å². The smallest absolute Gasteiger partial charge is 0.243 e. The Morgan fingerprint density at radius 3 is 2.62 bits per heavy atom. The second-order valence-corrected chi connectivity index (χ2v) is 11.6. The molecule has 0 unspecified atom stereocenters. The van der Waals surface area contributed by atoms with Gasteiger partial charge in [0.15, 0.2) is 0 Å². The maximum atomic E-state index is 13.5. The van der Waals surface area contributed by atoms with Crippen molar-refractivity contribution in [1.29, 1.82) is 0 Å². The number of sulfonamides is 1. The Kier molecular flexibility index (Phi) is 7.77. The molecule has 5 rings (SSSR count). The lowest BCUT2D eigenvalue weighted by Crippen LogP contribution is -2.50. The van der Waals surface area contributed by atoms with Crippen LogP contribution >= 0.6 is 11.6 Å². The highest BCUT2D eigenvalue weighted by Gasteiger charge is 2.32. The van der Waals surface area contributed by atoms with E-state index in [0.717, 1.165) is 56.8 Å². The van der Waals surface area contributed by atoms with Gasteiger partial charge in [-0.2, -0.15) is 4.31 Å². The average molecular weight is 549 g/mol. The number of halogens is 1. The molecule has 200 valence electrons. The van der Waals surface area contributed by atoms with Crippen LogP contribution in [0, 0.1) is 0 Å². The van der Waals surface area contributed by atoms with Gasteiger partial charge in [0.2, 0.25) is 10.0 Å². The lowest BCUT2D eigenvalue weighted by Gasteiger charge is -2.39. The van der Waals surface area contributed by atoms with E-state index >= 15 is 0 Å². The van der Waals surface area contributed by atoms with Gasteiger partial charge in [-0.3, -0.25) is 4.90 Å². The van der Waals surface area contributed by atoms with Crippen LogP contribution in [0.25, 0.3) is 11.0 Å². The molecule has 37 heavy (non-hydrogen) atoms. The number of benzene rings is 1. The molecule has 2 fully saturated rings. The van der Waals surface area contributed by atoms with Crippen LogP contribution in [-0.2, 0) is 14.8 Å². The molecule has 0 atom stereocenters. The van der Waals surface area contributed by atoms with Gasteiger partial charge in [-0.05, 0) is 31.9 Å². The van der Waals surface area contributed by atoms with Crippen molar-refractivity contribution in [3.05, 3.63) is 35.5 Å². The largest absolute Gasteiger partial charge is 0.495 e. The summed E-state index contributed by atoms with van der Waals surface area (Å²) < 4.78 is 39.5. The highest BCUT2D eigenvalue weighted by Crippen LogP contribution is 2.35. The predicted octanol–water partition coefficient (Wildman–Crippen LogP) is 3.89. The predicted molar refractivity (Wildman–Crippen MR) is 146 cm³/mol. The summed E-state index contributed by atoms with van der Waals surface area (Å²) in [6.07, 6.45) is 3.34. The first-order valence-electron chi connectivity index (χ1n) is 12.6. The summed E-state index contributed by atoms with van der Waals surface area (Å²) in [4.78, 5) is 10.3. The molecule has 2 aromatic heterocycles. The van der Waals surface area contributed by atoms with E-state index in [2.05, 4.69) is 25.5 Å². The summed E-state index contributed by atoms with van der Waals surface area (Å²) >= 11 is 6.33. The fourth-order valence-corrected chi connectivity index (χ4v) is 6.83. The summed E-state index contributed by atoms with van der Waals surface area (Å²) in [7, 11) is -2.12. The molecule has 2 aliphatic heterocycles. The van der Waals surface area contributed by atoms with Crippen LogP contribution in [0.15, 0.2) is 35.4 Å². The second kappa shape index (κ2) is 11.0. The molecular weight excluding hydrogens is 516 g/mol. The first kappa shape index (κ1) is 26.1. The number of nitrogens with one attached hydrogen (secondary N) is 3. The Hall–Kier alpha value is -2.57. The molecular formula is C25H33ClN6O4S. The zero-order valence-corrected chi connectivity index (χ0v) is 22.7. The number of morpholine rings is 1. The second-order valence-electron chi connectivity index (χ2n) is 9.22. The highest BCUT2D eigenvalue weighted by atomic mass is 35.5. The molecule has 0 aliphatic carbocycles. The zero-order chi connectivity index (χ0) is 26.0. The monoisotopic (exact) mass is 548 g/mol. The highest BCUT2D eigenvalue weighted by molar-refractivity contribution is 7.89. The number of aromatic nitrogens is 2. The van der Waals surface area contributed by atoms with Gasteiger partial charge in [0, 0.05) is 57.1 Å². The van der Waals surface area contributed by atoms with E-state index in [-0.39, 0.29) is 4.90 Å².